The lowest BCUT2D eigenvalue weighted by atomic mass is 10.0. The average molecular weight is 242 g/mol. The summed E-state index contributed by atoms with van der Waals surface area (Å²) < 4.78 is 11.2. The third-order valence-corrected chi connectivity index (χ3v) is 3.85. The van der Waals surface area contributed by atoms with Gasteiger partial charge in [-0.2, -0.15) is 0 Å². The third-order valence-electron chi connectivity index (χ3n) is 3.85. The zero-order valence-corrected chi connectivity index (χ0v) is 11.4. The van der Waals surface area contributed by atoms with Crippen molar-refractivity contribution in [2.75, 3.05) is 40.0 Å². The van der Waals surface area contributed by atoms with Crippen molar-refractivity contribution in [3.05, 3.63) is 0 Å². The Kier molecular flexibility index (Phi) is 4.42. The van der Waals surface area contributed by atoms with Gasteiger partial charge in [0.2, 0.25) is 0 Å². The molecule has 2 saturated heterocycles. The minimum Gasteiger partial charge on any atom is -0.378 e. The molecule has 100 valence electrons. The Morgan fingerprint density at radius 3 is 2.94 bits per heavy atom. The molecule has 2 rings (SSSR count). The number of hydrogen-bond acceptors (Lipinski definition) is 4. The highest BCUT2D eigenvalue weighted by atomic mass is 16.5. The van der Waals surface area contributed by atoms with Crippen LogP contribution in [0.1, 0.15) is 26.7 Å². The predicted molar refractivity (Wildman–Crippen MR) is 68.3 cm³/mol. The van der Waals surface area contributed by atoms with E-state index in [9.17, 15) is 0 Å². The van der Waals surface area contributed by atoms with Gasteiger partial charge in [-0.3, -0.25) is 4.90 Å². The van der Waals surface area contributed by atoms with E-state index in [1.807, 2.05) is 7.11 Å². The van der Waals surface area contributed by atoms with Crippen molar-refractivity contribution >= 4 is 0 Å². The summed E-state index contributed by atoms with van der Waals surface area (Å²) in [4.78, 5) is 2.51. The highest BCUT2D eigenvalue weighted by Gasteiger charge is 2.38. The van der Waals surface area contributed by atoms with Crippen molar-refractivity contribution in [3.63, 3.8) is 0 Å². The van der Waals surface area contributed by atoms with E-state index in [-0.39, 0.29) is 5.60 Å². The van der Waals surface area contributed by atoms with E-state index >= 15 is 0 Å². The Morgan fingerprint density at radius 2 is 2.35 bits per heavy atom. The third kappa shape index (κ3) is 3.41. The summed E-state index contributed by atoms with van der Waals surface area (Å²) in [5.41, 5.74) is -0.0489. The summed E-state index contributed by atoms with van der Waals surface area (Å²) in [7, 11) is 1.81. The molecule has 0 amide bonds. The molecule has 1 N–H and O–H groups in total. The molecular formula is C13H26N2O2. The van der Waals surface area contributed by atoms with E-state index in [0.29, 0.717) is 12.1 Å². The lowest BCUT2D eigenvalue weighted by molar-refractivity contribution is -0.0372. The number of hydrogen-bond donors (Lipinski definition) is 1. The smallest absolute Gasteiger partial charge is 0.106 e. The first-order valence-corrected chi connectivity index (χ1v) is 6.75. The molecule has 0 aromatic heterocycles. The number of nitrogens with zero attached hydrogens (tertiary/aromatic N) is 1. The number of likely N-dealkylation sites (tertiary alicyclic amines) is 1. The first-order chi connectivity index (χ1) is 8.13. The monoisotopic (exact) mass is 242 g/mol. The fourth-order valence-electron chi connectivity index (χ4n) is 2.93. The molecule has 0 saturated carbocycles. The molecule has 2 fully saturated rings. The number of nitrogens with one attached hydrogen (secondary N) is 1. The molecule has 2 aliphatic rings. The van der Waals surface area contributed by atoms with Crippen LogP contribution in [0.2, 0.25) is 0 Å². The second kappa shape index (κ2) is 5.65. The van der Waals surface area contributed by atoms with Crippen LogP contribution >= 0.6 is 0 Å². The second-order valence-corrected chi connectivity index (χ2v) is 5.73. The van der Waals surface area contributed by atoms with Crippen molar-refractivity contribution < 1.29 is 9.47 Å². The van der Waals surface area contributed by atoms with Gasteiger partial charge in [0.25, 0.3) is 0 Å². The molecule has 0 bridgehead atoms. The number of methoxy groups -OCH3 is 1. The van der Waals surface area contributed by atoms with Crippen LogP contribution in [0.15, 0.2) is 0 Å². The molecule has 2 heterocycles. The van der Waals surface area contributed by atoms with Crippen molar-refractivity contribution in [2.24, 2.45) is 0 Å². The highest BCUT2D eigenvalue weighted by molar-refractivity contribution is 4.92. The SMILES string of the molecule is COC1(CN2CCC(NC(C)C)C2)CCOC1. The molecule has 0 aromatic rings. The summed E-state index contributed by atoms with van der Waals surface area (Å²) in [5, 5.41) is 3.61. The second-order valence-electron chi connectivity index (χ2n) is 5.73. The molecule has 0 radical (unpaired) electrons. The molecule has 2 aliphatic heterocycles. The van der Waals surface area contributed by atoms with Gasteiger partial charge in [0, 0.05) is 45.3 Å². The fourth-order valence-corrected chi connectivity index (χ4v) is 2.93. The normalized spacial score (nSPS) is 34.9. The minimum atomic E-state index is -0.0489. The van der Waals surface area contributed by atoms with E-state index in [0.717, 1.165) is 32.7 Å². The molecule has 17 heavy (non-hydrogen) atoms. The summed E-state index contributed by atoms with van der Waals surface area (Å²) in [6, 6.07) is 1.22. The fraction of sp³-hybridized carbons (Fsp3) is 1.00. The van der Waals surface area contributed by atoms with E-state index in [1.54, 1.807) is 0 Å². The van der Waals surface area contributed by atoms with Gasteiger partial charge in [0.05, 0.1) is 6.61 Å². The summed E-state index contributed by atoms with van der Waals surface area (Å²) in [6.45, 7) is 9.35. The van der Waals surface area contributed by atoms with Crippen LogP contribution in [0.4, 0.5) is 0 Å². The van der Waals surface area contributed by atoms with Crippen molar-refractivity contribution in [1.29, 1.82) is 0 Å². The largest absolute Gasteiger partial charge is 0.378 e. The van der Waals surface area contributed by atoms with Crippen molar-refractivity contribution in [1.82, 2.24) is 10.2 Å². The zero-order valence-electron chi connectivity index (χ0n) is 11.4. The van der Waals surface area contributed by atoms with Crippen molar-refractivity contribution in [2.45, 2.75) is 44.4 Å². The quantitative estimate of drug-likeness (QED) is 0.775. The Bertz CT molecular complexity index is 240. The summed E-state index contributed by atoms with van der Waals surface area (Å²) >= 11 is 0. The maximum atomic E-state index is 5.69. The molecule has 4 nitrogen and oxygen atoms in total. The molecule has 4 heteroatoms. The van der Waals surface area contributed by atoms with Crippen LogP contribution in [0.5, 0.6) is 0 Å². The van der Waals surface area contributed by atoms with Gasteiger partial charge in [-0.1, -0.05) is 13.8 Å². The van der Waals surface area contributed by atoms with E-state index in [2.05, 4.69) is 24.1 Å². The Balaban J connectivity index is 1.80. The number of ether oxygens (including phenoxy) is 2. The van der Waals surface area contributed by atoms with Gasteiger partial charge in [-0.25, -0.2) is 0 Å². The molecule has 0 aromatic carbocycles. The van der Waals surface area contributed by atoms with Gasteiger partial charge in [0.1, 0.15) is 5.60 Å². The van der Waals surface area contributed by atoms with Gasteiger partial charge >= 0.3 is 0 Å². The van der Waals surface area contributed by atoms with E-state index in [4.69, 9.17) is 9.47 Å². The predicted octanol–water partition coefficient (Wildman–Crippen LogP) is 0.864. The van der Waals surface area contributed by atoms with Gasteiger partial charge in [0.15, 0.2) is 0 Å². The molecule has 0 aliphatic carbocycles. The lowest BCUT2D eigenvalue weighted by Gasteiger charge is -2.31. The molecule has 0 spiro atoms. The van der Waals surface area contributed by atoms with Gasteiger partial charge in [-0.15, -0.1) is 0 Å². The Hall–Kier alpha value is -0.160. The van der Waals surface area contributed by atoms with Crippen LogP contribution in [0.25, 0.3) is 0 Å². The zero-order chi connectivity index (χ0) is 12.3. The van der Waals surface area contributed by atoms with Crippen LogP contribution in [-0.4, -0.2) is 62.5 Å². The maximum absolute atomic E-state index is 5.69. The highest BCUT2D eigenvalue weighted by Crippen LogP contribution is 2.25. The summed E-state index contributed by atoms with van der Waals surface area (Å²) in [5.74, 6) is 0. The first-order valence-electron chi connectivity index (χ1n) is 6.75. The molecule has 2 unspecified atom stereocenters. The minimum absolute atomic E-state index is 0.0489. The van der Waals surface area contributed by atoms with Crippen LogP contribution in [0.3, 0.4) is 0 Å². The molecular weight excluding hydrogens is 216 g/mol. The average Bonchev–Trinajstić information content (AvgIpc) is 2.89. The Labute approximate surface area is 105 Å². The van der Waals surface area contributed by atoms with Crippen molar-refractivity contribution in [3.8, 4) is 0 Å². The van der Waals surface area contributed by atoms with Crippen LogP contribution in [-0.2, 0) is 9.47 Å². The van der Waals surface area contributed by atoms with Gasteiger partial charge < -0.3 is 14.8 Å². The van der Waals surface area contributed by atoms with Crippen LogP contribution < -0.4 is 5.32 Å². The van der Waals surface area contributed by atoms with E-state index in [1.165, 1.54) is 13.0 Å². The van der Waals surface area contributed by atoms with Crippen LogP contribution in [0, 0.1) is 0 Å². The van der Waals surface area contributed by atoms with Gasteiger partial charge in [-0.05, 0) is 13.0 Å². The molecule has 2 atom stereocenters. The first kappa shape index (κ1) is 13.3. The standard InChI is InChI=1S/C13H26N2O2/c1-11(2)14-12-4-6-15(8-12)9-13(16-3)5-7-17-10-13/h11-12,14H,4-10H2,1-3H3. The number of rotatable bonds is 5. The lowest BCUT2D eigenvalue weighted by Crippen LogP contribution is -2.45. The maximum Gasteiger partial charge on any atom is 0.106 e. The summed E-state index contributed by atoms with van der Waals surface area (Å²) in [6.07, 6.45) is 2.28. The Morgan fingerprint density at radius 1 is 1.53 bits per heavy atom. The topological polar surface area (TPSA) is 33.7 Å². The van der Waals surface area contributed by atoms with E-state index < -0.39 is 0 Å².